The molecule has 4 heterocycles. The molecule has 55 heavy (non-hydrogen) atoms. The number of hydrogen-bond acceptors (Lipinski definition) is 4. The van der Waals surface area contributed by atoms with E-state index in [0.717, 1.165) is 61.1 Å². The summed E-state index contributed by atoms with van der Waals surface area (Å²) in [6.45, 7) is 17.8. The molecule has 0 bridgehead atoms. The molecule has 5 aromatic carbocycles. The van der Waals surface area contributed by atoms with Crippen LogP contribution in [0.3, 0.4) is 0 Å². The van der Waals surface area contributed by atoms with Gasteiger partial charge in [-0.15, -0.1) is 29.1 Å². The first kappa shape index (κ1) is 36.5. The van der Waals surface area contributed by atoms with Gasteiger partial charge in [0, 0.05) is 40.9 Å². The molecule has 9 aromatic rings. The van der Waals surface area contributed by atoms with Crippen molar-refractivity contribution in [1.82, 2.24) is 19.1 Å². The van der Waals surface area contributed by atoms with Crippen LogP contribution in [-0.2, 0) is 31.9 Å². The molecule has 0 saturated heterocycles. The normalized spacial score (nSPS) is 12.2. The molecule has 0 aliphatic carbocycles. The number of rotatable bonds is 5. The summed E-state index contributed by atoms with van der Waals surface area (Å²) >= 11 is 0. The van der Waals surface area contributed by atoms with Crippen LogP contribution in [-0.4, -0.2) is 19.1 Å². The number of imidazole rings is 1. The summed E-state index contributed by atoms with van der Waals surface area (Å²) in [7, 11) is 0. The SMILES string of the molecule is Cc1cc(C(C)(C)C)cc(C)c1-n1ccnc1-c1[c-]c(Oc2[c-]c3c(cc2)c2ccccc2n3-c2cc(C(C)(C)C)ccn2)c2oc3ccccc3c2c1.[Pt+2]. The third-order valence-electron chi connectivity index (χ3n) is 10.5. The summed E-state index contributed by atoms with van der Waals surface area (Å²) in [5.41, 5.74) is 10.1. The zero-order chi connectivity index (χ0) is 37.5. The van der Waals surface area contributed by atoms with Gasteiger partial charge in [0.1, 0.15) is 11.4 Å². The Morgan fingerprint density at radius 3 is 2.13 bits per heavy atom. The quantitative estimate of drug-likeness (QED) is 0.162. The molecule has 0 aliphatic rings. The summed E-state index contributed by atoms with van der Waals surface area (Å²) in [6.07, 6.45) is 5.76. The molecule has 276 valence electrons. The van der Waals surface area contributed by atoms with Crippen LogP contribution >= 0.6 is 0 Å². The van der Waals surface area contributed by atoms with E-state index in [1.165, 1.54) is 22.3 Å². The molecule has 7 heteroatoms. The molecular formula is C48H42N4O2Pt. The van der Waals surface area contributed by atoms with Gasteiger partial charge in [-0.05, 0) is 76.6 Å². The van der Waals surface area contributed by atoms with Crippen LogP contribution in [0.1, 0.15) is 63.8 Å². The largest absolute Gasteiger partial charge is 2.00 e. The number of aryl methyl sites for hydroxylation is 2. The van der Waals surface area contributed by atoms with Gasteiger partial charge in [-0.2, -0.15) is 6.07 Å². The second-order valence-electron chi connectivity index (χ2n) is 16.4. The van der Waals surface area contributed by atoms with E-state index in [-0.39, 0.29) is 31.9 Å². The van der Waals surface area contributed by atoms with Crippen molar-refractivity contribution in [2.24, 2.45) is 0 Å². The van der Waals surface area contributed by atoms with Crippen LogP contribution in [0, 0.1) is 26.0 Å². The standard InChI is InChI=1S/C48H42N4O2.Pt/c1-29-23-33(48(6,7)8)24-30(2)44(29)51-22-21-50-46(51)31-25-38-37-14-10-12-16-41(37)54-45(38)42(26-31)53-34-17-18-36-35-13-9-11-15-39(35)52(40(36)28-34)43-27-32(19-20-49-43)47(3,4)5;/h9-25,27H,1-8H3;/q-2;+2. The molecule has 0 atom stereocenters. The zero-order valence-corrected chi connectivity index (χ0v) is 34.6. The van der Waals surface area contributed by atoms with Crippen molar-refractivity contribution in [1.29, 1.82) is 0 Å². The third-order valence-corrected chi connectivity index (χ3v) is 10.5. The monoisotopic (exact) mass is 901 g/mol. The molecule has 4 aromatic heterocycles. The van der Waals surface area contributed by atoms with E-state index in [4.69, 9.17) is 19.1 Å². The third kappa shape index (κ3) is 6.27. The van der Waals surface area contributed by atoms with Gasteiger partial charge in [0.25, 0.3) is 0 Å². The molecule has 9 rings (SSSR count). The molecule has 6 nitrogen and oxygen atoms in total. The first-order valence-corrected chi connectivity index (χ1v) is 18.5. The maximum absolute atomic E-state index is 6.80. The second kappa shape index (κ2) is 13.4. The molecule has 0 aliphatic heterocycles. The van der Waals surface area contributed by atoms with Gasteiger partial charge in [-0.25, -0.2) is 4.98 Å². The maximum Gasteiger partial charge on any atom is 2.00 e. The van der Waals surface area contributed by atoms with Gasteiger partial charge in [0.15, 0.2) is 0 Å². The number of pyridine rings is 1. The number of para-hydroxylation sites is 2. The predicted octanol–water partition coefficient (Wildman–Crippen LogP) is 12.5. The topological polar surface area (TPSA) is 58.0 Å². The van der Waals surface area contributed by atoms with Gasteiger partial charge in [0.2, 0.25) is 0 Å². The van der Waals surface area contributed by atoms with Crippen LogP contribution in [0.2, 0.25) is 0 Å². The van der Waals surface area contributed by atoms with E-state index in [1.807, 2.05) is 42.9 Å². The Labute approximate surface area is 336 Å². The number of furan rings is 1. The average molecular weight is 902 g/mol. The van der Waals surface area contributed by atoms with Crippen molar-refractivity contribution >= 4 is 43.7 Å². The van der Waals surface area contributed by atoms with E-state index in [9.17, 15) is 0 Å². The first-order valence-electron chi connectivity index (χ1n) is 18.5. The van der Waals surface area contributed by atoms with Gasteiger partial charge in [0.05, 0.1) is 17.2 Å². The molecule has 0 radical (unpaired) electrons. The van der Waals surface area contributed by atoms with Crippen molar-refractivity contribution in [2.75, 3.05) is 0 Å². The van der Waals surface area contributed by atoms with Gasteiger partial charge >= 0.3 is 21.1 Å². The molecule has 0 fully saturated rings. The van der Waals surface area contributed by atoms with Gasteiger partial charge in [-0.1, -0.05) is 107 Å². The van der Waals surface area contributed by atoms with Crippen molar-refractivity contribution in [2.45, 2.75) is 66.2 Å². The Bertz CT molecular complexity index is 2890. The van der Waals surface area contributed by atoms with E-state index in [1.54, 1.807) is 0 Å². The van der Waals surface area contributed by atoms with Gasteiger partial charge in [-0.3, -0.25) is 4.98 Å². The van der Waals surface area contributed by atoms with Crippen molar-refractivity contribution in [3.63, 3.8) is 0 Å². The molecule has 0 spiro atoms. The van der Waals surface area contributed by atoms with E-state index < -0.39 is 0 Å². The minimum Gasteiger partial charge on any atom is -0.499 e. The Hall–Kier alpha value is -5.45. The predicted molar refractivity (Wildman–Crippen MR) is 219 cm³/mol. The smallest absolute Gasteiger partial charge is 0.499 e. The number of nitrogens with zero attached hydrogens (tertiary/aromatic N) is 4. The summed E-state index contributed by atoms with van der Waals surface area (Å²) < 4.78 is 17.6. The Morgan fingerprint density at radius 2 is 1.38 bits per heavy atom. The van der Waals surface area contributed by atoms with Crippen molar-refractivity contribution in [3.05, 3.63) is 144 Å². The van der Waals surface area contributed by atoms with Crippen molar-refractivity contribution in [3.8, 4) is 34.4 Å². The minimum absolute atomic E-state index is 0. The molecule has 0 N–H and O–H groups in total. The zero-order valence-electron chi connectivity index (χ0n) is 32.3. The average Bonchev–Trinajstić information content (AvgIpc) is 3.85. The Kier molecular flexibility index (Phi) is 8.89. The molecule has 0 amide bonds. The number of ether oxygens (including phenoxy) is 1. The fourth-order valence-electron chi connectivity index (χ4n) is 7.67. The molecule has 0 unspecified atom stereocenters. The van der Waals surface area contributed by atoms with Crippen LogP contribution in [0.5, 0.6) is 11.5 Å². The maximum atomic E-state index is 6.80. The second-order valence-corrected chi connectivity index (χ2v) is 16.4. The summed E-state index contributed by atoms with van der Waals surface area (Å²) in [5, 5.41) is 4.12. The first-order chi connectivity index (χ1) is 25.8. The fourth-order valence-corrected chi connectivity index (χ4v) is 7.67. The number of fused-ring (bicyclic) bond motifs is 6. The Morgan fingerprint density at radius 1 is 0.673 bits per heavy atom. The molecule has 0 saturated carbocycles. The molecular weight excluding hydrogens is 860 g/mol. The van der Waals surface area contributed by atoms with Crippen LogP contribution < -0.4 is 4.74 Å². The summed E-state index contributed by atoms with van der Waals surface area (Å²) in [5.74, 6) is 2.62. The number of aromatic nitrogens is 4. The van der Waals surface area contributed by atoms with E-state index in [0.29, 0.717) is 17.1 Å². The van der Waals surface area contributed by atoms with E-state index in [2.05, 4.69) is 143 Å². The van der Waals surface area contributed by atoms with Crippen LogP contribution in [0.4, 0.5) is 0 Å². The number of hydrogen-bond donors (Lipinski definition) is 0. The van der Waals surface area contributed by atoms with E-state index >= 15 is 0 Å². The minimum atomic E-state index is -0.0325. The summed E-state index contributed by atoms with van der Waals surface area (Å²) in [6, 6.07) is 38.7. The van der Waals surface area contributed by atoms with Crippen LogP contribution in [0.15, 0.2) is 114 Å². The van der Waals surface area contributed by atoms with Crippen molar-refractivity contribution < 1.29 is 30.2 Å². The van der Waals surface area contributed by atoms with Crippen LogP contribution in [0.25, 0.3) is 66.6 Å². The Balaban J connectivity index is 0.00000427. The summed E-state index contributed by atoms with van der Waals surface area (Å²) in [4.78, 5) is 9.75. The fraction of sp³-hybridized carbons (Fsp3) is 0.208. The van der Waals surface area contributed by atoms with Gasteiger partial charge < -0.3 is 18.3 Å². The number of benzene rings is 5.